The highest BCUT2D eigenvalue weighted by Crippen LogP contribution is 2.33. The molecule has 0 saturated heterocycles. The van der Waals surface area contributed by atoms with Gasteiger partial charge >= 0.3 is 0 Å². The van der Waals surface area contributed by atoms with Crippen LogP contribution in [0.4, 0.5) is 0 Å². The Bertz CT molecular complexity index is 727. The van der Waals surface area contributed by atoms with Gasteiger partial charge < -0.3 is 10.5 Å². The summed E-state index contributed by atoms with van der Waals surface area (Å²) in [5.41, 5.74) is 8.24. The quantitative estimate of drug-likeness (QED) is 0.771. The van der Waals surface area contributed by atoms with Crippen molar-refractivity contribution in [3.63, 3.8) is 0 Å². The van der Waals surface area contributed by atoms with Gasteiger partial charge in [0.25, 0.3) is 0 Å². The molecule has 1 fully saturated rings. The maximum absolute atomic E-state index is 6.40. The third-order valence-electron chi connectivity index (χ3n) is 4.75. The van der Waals surface area contributed by atoms with Crippen LogP contribution in [0.5, 0.6) is 0 Å². The van der Waals surface area contributed by atoms with E-state index in [-0.39, 0.29) is 18.1 Å². The number of nitrogens with zero attached hydrogens (tertiary/aromatic N) is 4. The Hall–Kier alpha value is -2.05. The van der Waals surface area contributed by atoms with Crippen LogP contribution in [0.15, 0.2) is 36.5 Å². The zero-order valence-electron chi connectivity index (χ0n) is 15.8. The highest BCUT2D eigenvalue weighted by atomic mass is 16.5. The standard InChI is InChI=1S/C20H29N5O/c1-4-11-26-18-9-8-15(12-16(18)21)20-23-19(17-7-5-6-10-22-17)24-25(20)13-14(2)3/h5-7,10,15-16,18H,2,4,8-9,11-13,21H2,1,3H3/t15-,16+,18+/m0/s1. The predicted octanol–water partition coefficient (Wildman–Crippen LogP) is 3.31. The normalized spacial score (nSPS) is 23.1. The number of aromatic nitrogens is 4. The summed E-state index contributed by atoms with van der Waals surface area (Å²) in [6.07, 6.45) is 5.78. The van der Waals surface area contributed by atoms with Crippen molar-refractivity contribution in [2.45, 2.75) is 64.1 Å². The molecule has 0 spiro atoms. The van der Waals surface area contributed by atoms with Crippen LogP contribution < -0.4 is 5.73 Å². The van der Waals surface area contributed by atoms with Crippen molar-refractivity contribution in [2.75, 3.05) is 6.61 Å². The molecule has 1 aliphatic carbocycles. The van der Waals surface area contributed by atoms with Crippen molar-refractivity contribution in [3.05, 3.63) is 42.4 Å². The average Bonchev–Trinajstić information content (AvgIpc) is 3.04. The second-order valence-corrected chi connectivity index (χ2v) is 7.21. The van der Waals surface area contributed by atoms with Crippen LogP contribution in [-0.2, 0) is 11.3 Å². The van der Waals surface area contributed by atoms with Crippen LogP contribution in [0.25, 0.3) is 11.5 Å². The van der Waals surface area contributed by atoms with E-state index in [2.05, 4.69) is 18.5 Å². The zero-order chi connectivity index (χ0) is 18.5. The molecule has 2 aromatic heterocycles. The molecule has 6 nitrogen and oxygen atoms in total. The Balaban J connectivity index is 1.82. The summed E-state index contributed by atoms with van der Waals surface area (Å²) in [6, 6.07) is 5.82. The lowest BCUT2D eigenvalue weighted by Gasteiger charge is -2.33. The van der Waals surface area contributed by atoms with Gasteiger partial charge in [0, 0.05) is 24.8 Å². The minimum absolute atomic E-state index is 0.0357. The lowest BCUT2D eigenvalue weighted by molar-refractivity contribution is 0.0107. The van der Waals surface area contributed by atoms with E-state index in [1.807, 2.05) is 29.8 Å². The maximum atomic E-state index is 6.40. The summed E-state index contributed by atoms with van der Waals surface area (Å²) in [6.45, 7) is 9.60. The van der Waals surface area contributed by atoms with E-state index in [0.29, 0.717) is 12.4 Å². The minimum Gasteiger partial charge on any atom is -0.377 e. The van der Waals surface area contributed by atoms with Crippen molar-refractivity contribution >= 4 is 0 Å². The minimum atomic E-state index is 0.0357. The lowest BCUT2D eigenvalue weighted by Crippen LogP contribution is -2.42. The van der Waals surface area contributed by atoms with E-state index in [1.165, 1.54) is 0 Å². The molecule has 0 radical (unpaired) electrons. The number of allylic oxidation sites excluding steroid dienone is 1. The van der Waals surface area contributed by atoms with Crippen molar-refractivity contribution in [1.82, 2.24) is 19.7 Å². The first-order chi connectivity index (χ1) is 12.6. The molecule has 0 amide bonds. The molecule has 0 aliphatic heterocycles. The van der Waals surface area contributed by atoms with Crippen LogP contribution in [0.3, 0.4) is 0 Å². The number of pyridine rings is 1. The monoisotopic (exact) mass is 355 g/mol. The number of hydrogen-bond acceptors (Lipinski definition) is 5. The third kappa shape index (κ3) is 4.37. The number of ether oxygens (including phenoxy) is 1. The van der Waals surface area contributed by atoms with Crippen LogP contribution in [0.2, 0.25) is 0 Å². The van der Waals surface area contributed by atoms with Crippen molar-refractivity contribution in [2.24, 2.45) is 5.73 Å². The fourth-order valence-electron chi connectivity index (χ4n) is 3.52. The summed E-state index contributed by atoms with van der Waals surface area (Å²) >= 11 is 0. The third-order valence-corrected chi connectivity index (χ3v) is 4.75. The first-order valence-electron chi connectivity index (χ1n) is 9.46. The number of rotatable bonds is 7. The molecule has 1 aliphatic rings. The Morgan fingerprint density at radius 2 is 2.23 bits per heavy atom. The van der Waals surface area contributed by atoms with Gasteiger partial charge in [-0.05, 0) is 44.7 Å². The van der Waals surface area contributed by atoms with Crippen LogP contribution in [-0.4, -0.2) is 38.5 Å². The molecule has 6 heteroatoms. The SMILES string of the molecule is C=C(C)Cn1nc(-c2ccccn2)nc1[C@H]1CC[C@@H](OCCC)[C@H](N)C1. The van der Waals surface area contributed by atoms with Crippen molar-refractivity contribution in [1.29, 1.82) is 0 Å². The van der Waals surface area contributed by atoms with Gasteiger partial charge in [-0.25, -0.2) is 9.67 Å². The summed E-state index contributed by atoms with van der Waals surface area (Å²) in [5.74, 6) is 1.94. The van der Waals surface area contributed by atoms with Gasteiger partial charge in [-0.15, -0.1) is 5.10 Å². The lowest BCUT2D eigenvalue weighted by atomic mass is 9.83. The van der Waals surface area contributed by atoms with Gasteiger partial charge in [-0.3, -0.25) is 4.98 Å². The van der Waals surface area contributed by atoms with E-state index >= 15 is 0 Å². The van der Waals surface area contributed by atoms with Crippen LogP contribution in [0.1, 0.15) is 51.3 Å². The molecular formula is C20H29N5O. The van der Waals surface area contributed by atoms with Crippen molar-refractivity contribution < 1.29 is 4.74 Å². The summed E-state index contributed by atoms with van der Waals surface area (Å²) < 4.78 is 7.88. The number of nitrogens with two attached hydrogens (primary N) is 1. The zero-order valence-corrected chi connectivity index (χ0v) is 15.8. The second-order valence-electron chi connectivity index (χ2n) is 7.21. The van der Waals surface area contributed by atoms with Gasteiger partial charge in [0.15, 0.2) is 5.82 Å². The molecule has 0 unspecified atom stereocenters. The first kappa shape index (κ1) is 18.7. The maximum Gasteiger partial charge on any atom is 0.200 e. The molecule has 26 heavy (non-hydrogen) atoms. The first-order valence-corrected chi connectivity index (χ1v) is 9.46. The second kappa shape index (κ2) is 8.56. The Kier molecular flexibility index (Phi) is 6.16. The van der Waals surface area contributed by atoms with E-state index in [4.69, 9.17) is 20.6 Å². The van der Waals surface area contributed by atoms with Gasteiger partial charge in [0.05, 0.1) is 12.6 Å². The largest absolute Gasteiger partial charge is 0.377 e. The molecule has 2 aromatic rings. The molecule has 140 valence electrons. The average molecular weight is 355 g/mol. The van der Waals surface area contributed by atoms with Gasteiger partial charge in [0.1, 0.15) is 11.5 Å². The highest BCUT2D eigenvalue weighted by Gasteiger charge is 2.32. The van der Waals surface area contributed by atoms with Gasteiger partial charge in [-0.1, -0.05) is 25.1 Å². The molecule has 3 atom stereocenters. The van der Waals surface area contributed by atoms with E-state index in [1.54, 1.807) is 6.20 Å². The van der Waals surface area contributed by atoms with E-state index in [0.717, 1.165) is 49.4 Å². The molecule has 1 saturated carbocycles. The molecule has 0 aromatic carbocycles. The van der Waals surface area contributed by atoms with Crippen LogP contribution >= 0.6 is 0 Å². The van der Waals surface area contributed by atoms with Gasteiger partial charge in [0.2, 0.25) is 0 Å². The van der Waals surface area contributed by atoms with Crippen molar-refractivity contribution in [3.8, 4) is 11.5 Å². The summed E-state index contributed by atoms with van der Waals surface area (Å²) in [5, 5.41) is 4.70. The molecular weight excluding hydrogens is 326 g/mol. The fraction of sp³-hybridized carbons (Fsp3) is 0.550. The fourth-order valence-corrected chi connectivity index (χ4v) is 3.52. The topological polar surface area (TPSA) is 78.8 Å². The van der Waals surface area contributed by atoms with E-state index < -0.39 is 0 Å². The van der Waals surface area contributed by atoms with Gasteiger partial charge in [-0.2, -0.15) is 0 Å². The molecule has 2 N–H and O–H groups in total. The number of hydrogen-bond donors (Lipinski definition) is 1. The summed E-state index contributed by atoms with van der Waals surface area (Å²) in [7, 11) is 0. The molecule has 3 rings (SSSR count). The van der Waals surface area contributed by atoms with E-state index in [9.17, 15) is 0 Å². The highest BCUT2D eigenvalue weighted by molar-refractivity contribution is 5.48. The molecule has 2 heterocycles. The Morgan fingerprint density at radius 1 is 1.38 bits per heavy atom. The smallest absolute Gasteiger partial charge is 0.200 e. The summed E-state index contributed by atoms with van der Waals surface area (Å²) in [4.78, 5) is 9.21. The van der Waals surface area contributed by atoms with Crippen LogP contribution in [0, 0.1) is 0 Å². The Labute approximate surface area is 155 Å². The molecule has 0 bridgehead atoms. The predicted molar refractivity (Wildman–Crippen MR) is 103 cm³/mol. The Morgan fingerprint density at radius 3 is 2.88 bits per heavy atom.